The molecule has 1 aromatic carbocycles. The van der Waals surface area contributed by atoms with Crippen molar-refractivity contribution in [3.05, 3.63) is 29.3 Å². The molecule has 2 saturated carbocycles. The monoisotopic (exact) mass is 470 g/mol. The number of halogens is 2. The van der Waals surface area contributed by atoms with Gasteiger partial charge in [-0.1, -0.05) is 0 Å². The Balaban J connectivity index is 1.41. The first-order valence-corrected chi connectivity index (χ1v) is 12.9. The van der Waals surface area contributed by atoms with Gasteiger partial charge in [-0.15, -0.1) is 0 Å². The Morgan fingerprint density at radius 2 is 1.78 bits per heavy atom. The number of amides is 1. The third kappa shape index (κ3) is 4.36. The highest BCUT2D eigenvalue weighted by molar-refractivity contribution is 7.90. The smallest absolute Gasteiger partial charge is 0.260 e. The number of sulfonamides is 1. The molecule has 2 atom stereocenters. The Labute approximate surface area is 186 Å². The predicted octanol–water partition coefficient (Wildman–Crippen LogP) is 2.45. The number of hydrogen-bond acceptors (Lipinski definition) is 5. The molecular formula is C22H28F2N2O5S. The van der Waals surface area contributed by atoms with Crippen molar-refractivity contribution in [1.82, 2.24) is 9.62 Å². The molecule has 2 aliphatic carbocycles. The molecule has 5 aliphatic rings. The van der Waals surface area contributed by atoms with Crippen LogP contribution in [-0.4, -0.2) is 62.4 Å². The second-order valence-electron chi connectivity index (χ2n) is 9.31. The van der Waals surface area contributed by atoms with E-state index in [9.17, 15) is 22.0 Å². The van der Waals surface area contributed by atoms with Gasteiger partial charge in [0.05, 0.1) is 24.0 Å². The lowest BCUT2D eigenvalue weighted by atomic mass is 9.82. The van der Waals surface area contributed by atoms with Crippen molar-refractivity contribution >= 4 is 15.9 Å². The first-order valence-electron chi connectivity index (χ1n) is 11.4. The van der Waals surface area contributed by atoms with E-state index in [1.54, 1.807) is 4.90 Å². The Morgan fingerprint density at radius 1 is 1.03 bits per heavy atom. The lowest BCUT2D eigenvalue weighted by Gasteiger charge is -2.32. The molecule has 3 heterocycles. The van der Waals surface area contributed by atoms with Crippen LogP contribution in [-0.2, 0) is 19.6 Å². The van der Waals surface area contributed by atoms with E-state index in [0.717, 1.165) is 18.9 Å². The van der Waals surface area contributed by atoms with E-state index in [0.29, 0.717) is 44.2 Å². The van der Waals surface area contributed by atoms with Crippen LogP contribution in [0.5, 0.6) is 5.75 Å². The number of nitrogens with zero attached hydrogens (tertiary/aromatic N) is 1. The molecule has 1 N–H and O–H groups in total. The molecule has 1 amide bonds. The number of benzene rings is 1. The summed E-state index contributed by atoms with van der Waals surface area (Å²) in [5, 5.41) is -0.346. The van der Waals surface area contributed by atoms with Gasteiger partial charge in [0.15, 0.2) is 18.2 Å². The van der Waals surface area contributed by atoms with E-state index in [4.69, 9.17) is 9.47 Å². The normalized spacial score (nSPS) is 31.2. The highest BCUT2D eigenvalue weighted by atomic mass is 32.2. The van der Waals surface area contributed by atoms with Crippen LogP contribution in [0.3, 0.4) is 0 Å². The van der Waals surface area contributed by atoms with Gasteiger partial charge in [-0.2, -0.15) is 0 Å². The van der Waals surface area contributed by atoms with Crippen LogP contribution in [0.4, 0.5) is 8.78 Å². The second-order valence-corrected chi connectivity index (χ2v) is 11.3. The minimum atomic E-state index is -3.42. The maximum atomic E-state index is 14.6. The number of ether oxygens (including phenoxy) is 2. The Morgan fingerprint density at radius 3 is 2.50 bits per heavy atom. The number of carbonyl (C=O) groups excluding carboxylic acids is 1. The average Bonchev–Trinajstić information content (AvgIpc) is 3.54. The van der Waals surface area contributed by atoms with E-state index < -0.39 is 40.3 Å². The summed E-state index contributed by atoms with van der Waals surface area (Å²) in [4.78, 5) is 14.6. The third-order valence-electron chi connectivity index (χ3n) is 7.14. The highest BCUT2D eigenvalue weighted by Gasteiger charge is 2.44. The molecule has 0 radical (unpaired) electrons. The van der Waals surface area contributed by atoms with E-state index in [2.05, 4.69) is 4.72 Å². The van der Waals surface area contributed by atoms with Crippen molar-refractivity contribution in [1.29, 1.82) is 0 Å². The first kappa shape index (κ1) is 22.0. The fraction of sp³-hybridized carbons (Fsp3) is 0.682. The summed E-state index contributed by atoms with van der Waals surface area (Å²) < 4.78 is 68.1. The van der Waals surface area contributed by atoms with Gasteiger partial charge in [0.1, 0.15) is 5.82 Å². The molecule has 0 spiro atoms. The quantitative estimate of drug-likeness (QED) is 0.734. The van der Waals surface area contributed by atoms with Crippen LogP contribution in [0.1, 0.15) is 56.4 Å². The van der Waals surface area contributed by atoms with E-state index in [1.165, 1.54) is 6.07 Å². The molecule has 176 valence electrons. The topological polar surface area (TPSA) is 84.9 Å². The minimum absolute atomic E-state index is 0.0342. The number of nitrogens with one attached hydrogen (secondary N) is 1. The zero-order valence-electron chi connectivity index (χ0n) is 17.8. The van der Waals surface area contributed by atoms with Gasteiger partial charge < -0.3 is 14.4 Å². The molecule has 1 aromatic rings. The fourth-order valence-corrected chi connectivity index (χ4v) is 6.87. The van der Waals surface area contributed by atoms with Crippen molar-refractivity contribution in [2.24, 2.45) is 0 Å². The summed E-state index contributed by atoms with van der Waals surface area (Å²) in [6.45, 7) is 0.194. The van der Waals surface area contributed by atoms with Gasteiger partial charge in [0.25, 0.3) is 5.91 Å². The lowest BCUT2D eigenvalue weighted by Crippen LogP contribution is -2.51. The molecule has 1 saturated heterocycles. The molecule has 2 bridgehead atoms. The Hall–Kier alpha value is -1.78. The first-order chi connectivity index (χ1) is 15.3. The lowest BCUT2D eigenvalue weighted by molar-refractivity contribution is -0.136. The van der Waals surface area contributed by atoms with Crippen molar-refractivity contribution in [3.8, 4) is 5.75 Å². The van der Waals surface area contributed by atoms with E-state index >= 15 is 0 Å². The molecule has 3 aliphatic heterocycles. The number of hydrogen-bond donors (Lipinski definition) is 1. The molecule has 7 nitrogen and oxygen atoms in total. The molecule has 0 unspecified atom stereocenters. The minimum Gasteiger partial charge on any atom is -0.480 e. The molecule has 6 rings (SSSR count). The van der Waals surface area contributed by atoms with Gasteiger partial charge in [-0.05, 0) is 56.9 Å². The zero-order chi connectivity index (χ0) is 22.5. The number of rotatable bonds is 3. The highest BCUT2D eigenvalue weighted by Crippen LogP contribution is 2.40. The fourth-order valence-electron chi connectivity index (χ4n) is 5.22. The van der Waals surface area contributed by atoms with Crippen molar-refractivity contribution in [3.63, 3.8) is 0 Å². The van der Waals surface area contributed by atoms with Crippen LogP contribution in [0, 0.1) is 11.6 Å². The van der Waals surface area contributed by atoms with Crippen molar-refractivity contribution in [2.45, 2.75) is 74.3 Å². The summed E-state index contributed by atoms with van der Waals surface area (Å²) in [5.74, 6) is -1.97. The summed E-state index contributed by atoms with van der Waals surface area (Å²) in [5.41, 5.74) is 0.459. The van der Waals surface area contributed by atoms with Crippen LogP contribution < -0.4 is 9.46 Å². The maximum absolute atomic E-state index is 14.6. The van der Waals surface area contributed by atoms with Crippen molar-refractivity contribution in [2.75, 3.05) is 19.8 Å². The largest absolute Gasteiger partial charge is 0.480 e. The number of carbonyl (C=O) groups is 1. The number of fused-ring (bicyclic) bond motifs is 5. The predicted molar refractivity (Wildman–Crippen MR) is 112 cm³/mol. The van der Waals surface area contributed by atoms with Crippen LogP contribution in [0.15, 0.2) is 12.1 Å². The van der Waals surface area contributed by atoms with Gasteiger partial charge in [-0.25, -0.2) is 21.9 Å². The third-order valence-corrected chi connectivity index (χ3v) is 9.12. The zero-order valence-corrected chi connectivity index (χ0v) is 18.6. The molecule has 10 heteroatoms. The Bertz CT molecular complexity index is 992. The van der Waals surface area contributed by atoms with Gasteiger partial charge >= 0.3 is 0 Å². The molecule has 3 fully saturated rings. The van der Waals surface area contributed by atoms with Crippen LogP contribution in [0.2, 0.25) is 0 Å². The Kier molecular flexibility index (Phi) is 5.88. The van der Waals surface area contributed by atoms with Gasteiger partial charge in [0, 0.05) is 24.2 Å². The summed E-state index contributed by atoms with van der Waals surface area (Å²) in [6, 6.07) is 1.20. The molecule has 32 heavy (non-hydrogen) atoms. The van der Waals surface area contributed by atoms with Gasteiger partial charge in [-0.3, -0.25) is 4.79 Å². The average molecular weight is 471 g/mol. The van der Waals surface area contributed by atoms with E-state index in [-0.39, 0.29) is 35.5 Å². The van der Waals surface area contributed by atoms with E-state index in [1.807, 2.05) is 0 Å². The summed E-state index contributed by atoms with van der Waals surface area (Å²) in [6.07, 6.45) is 4.61. The maximum Gasteiger partial charge on any atom is 0.260 e. The van der Waals surface area contributed by atoms with Gasteiger partial charge in [0.2, 0.25) is 10.0 Å². The second kappa shape index (κ2) is 8.53. The standard InChI is InChI=1S/C22H28F2N2O5S/c23-14-9-17-13-1-3-15(4-2-13)30-11-20-19(25-32(28,29)16-5-6-16)7-8-26(20)21(27)12-31-22(17)18(24)10-14/h9-10,13,15-16,19-20,25H,1-8,11-12H2/t13?,15?,19-,20-/m0/s1. The SMILES string of the molecule is O=C1COc2c(F)cc(F)cc2C2CCC(CC2)OC[C@H]2[C@@H](NS(=O)(=O)C3CC3)CCN12. The summed E-state index contributed by atoms with van der Waals surface area (Å²) in [7, 11) is -3.42. The van der Waals surface area contributed by atoms with Crippen LogP contribution in [0.25, 0.3) is 0 Å². The summed E-state index contributed by atoms with van der Waals surface area (Å²) >= 11 is 0. The van der Waals surface area contributed by atoms with Crippen molar-refractivity contribution < 1.29 is 31.5 Å². The molecule has 0 aromatic heterocycles. The van der Waals surface area contributed by atoms with Crippen LogP contribution >= 0.6 is 0 Å². The molecular weight excluding hydrogens is 442 g/mol.